The fourth-order valence-electron chi connectivity index (χ4n) is 4.95. The van der Waals surface area contributed by atoms with Crippen LogP contribution in [0.15, 0.2) is 48.6 Å². The van der Waals surface area contributed by atoms with Gasteiger partial charge in [0, 0.05) is 30.4 Å². The number of fused-ring (bicyclic) bond motifs is 3. The number of nitrogens with zero attached hydrogens (tertiary/aromatic N) is 1. The molecule has 0 amide bonds. The van der Waals surface area contributed by atoms with Gasteiger partial charge in [-0.2, -0.15) is 0 Å². The van der Waals surface area contributed by atoms with Crippen LogP contribution in [0.5, 0.6) is 0 Å². The van der Waals surface area contributed by atoms with E-state index in [0.717, 1.165) is 19.5 Å². The average Bonchev–Trinajstić information content (AvgIpc) is 3.11. The van der Waals surface area contributed by atoms with Crippen LogP contribution in [0, 0.1) is 19.8 Å². The van der Waals surface area contributed by atoms with Gasteiger partial charge in [0.15, 0.2) is 0 Å². The topological polar surface area (TPSA) is 15.3 Å². The minimum absolute atomic E-state index is 0.384. The second-order valence-electron chi connectivity index (χ2n) is 7.78. The summed E-state index contributed by atoms with van der Waals surface area (Å²) in [6.07, 6.45) is 5.97. The summed E-state index contributed by atoms with van der Waals surface area (Å²) in [7, 11) is 0. The van der Waals surface area contributed by atoms with Crippen molar-refractivity contribution in [3.05, 3.63) is 70.8 Å². The molecule has 2 nitrogen and oxygen atoms in total. The fraction of sp³-hybridized carbons (Fsp3) is 0.417. The van der Waals surface area contributed by atoms with Gasteiger partial charge in [0.2, 0.25) is 0 Å². The maximum atomic E-state index is 3.89. The second kappa shape index (κ2) is 6.83. The van der Waals surface area contributed by atoms with Crippen molar-refractivity contribution in [1.29, 1.82) is 0 Å². The highest BCUT2D eigenvalue weighted by molar-refractivity contribution is 5.64. The lowest BCUT2D eigenvalue weighted by molar-refractivity contribution is 0.424. The molecule has 0 fully saturated rings. The lowest BCUT2D eigenvalue weighted by atomic mass is 9.75. The number of benzene rings is 2. The summed E-state index contributed by atoms with van der Waals surface area (Å²) in [4.78, 5) is 2.40. The van der Waals surface area contributed by atoms with Crippen LogP contribution in [-0.2, 0) is 0 Å². The standard InChI is InChI=1S/C24H30N2/c1-5-26(6-2)19-12-10-18(11-13-19)24-21-9-7-8-20(21)23-17(4)14-16(3)15-22(23)25-24/h7-8,10-15,20-21,24-25H,5-6,9H2,1-4H3. The number of rotatable bonds is 4. The quantitative estimate of drug-likeness (QED) is 0.685. The number of hydrogen-bond acceptors (Lipinski definition) is 2. The third-order valence-corrected chi connectivity index (χ3v) is 6.20. The maximum Gasteiger partial charge on any atom is 0.0553 e. The first-order valence-electron chi connectivity index (χ1n) is 10.0. The summed E-state index contributed by atoms with van der Waals surface area (Å²) in [6.45, 7) is 11.0. The second-order valence-corrected chi connectivity index (χ2v) is 7.78. The van der Waals surface area contributed by atoms with Crippen LogP contribution >= 0.6 is 0 Å². The minimum atomic E-state index is 0.384. The van der Waals surface area contributed by atoms with Gasteiger partial charge in [0.1, 0.15) is 0 Å². The van der Waals surface area contributed by atoms with E-state index in [1.165, 1.54) is 33.6 Å². The number of hydrogen-bond donors (Lipinski definition) is 1. The van der Waals surface area contributed by atoms with Gasteiger partial charge in [0.25, 0.3) is 0 Å². The van der Waals surface area contributed by atoms with Gasteiger partial charge >= 0.3 is 0 Å². The molecular formula is C24H30N2. The number of nitrogens with one attached hydrogen (secondary N) is 1. The molecule has 4 rings (SSSR count). The molecule has 3 atom stereocenters. The van der Waals surface area contributed by atoms with Crippen molar-refractivity contribution in [3.63, 3.8) is 0 Å². The predicted octanol–water partition coefficient (Wildman–Crippen LogP) is 5.98. The molecule has 0 bridgehead atoms. The van der Waals surface area contributed by atoms with Crippen molar-refractivity contribution in [2.24, 2.45) is 5.92 Å². The molecule has 0 saturated carbocycles. The van der Waals surface area contributed by atoms with Crippen LogP contribution in [0.25, 0.3) is 0 Å². The first-order chi connectivity index (χ1) is 12.6. The molecule has 0 radical (unpaired) electrons. The average molecular weight is 347 g/mol. The zero-order valence-electron chi connectivity index (χ0n) is 16.4. The third kappa shape index (κ3) is 2.82. The molecule has 2 aliphatic rings. The molecule has 0 saturated heterocycles. The van der Waals surface area contributed by atoms with Gasteiger partial charge in [-0.05, 0) is 80.5 Å². The van der Waals surface area contributed by atoms with E-state index < -0.39 is 0 Å². The largest absolute Gasteiger partial charge is 0.378 e. The van der Waals surface area contributed by atoms with E-state index in [1.54, 1.807) is 0 Å². The Morgan fingerprint density at radius 2 is 1.77 bits per heavy atom. The smallest absolute Gasteiger partial charge is 0.0553 e. The van der Waals surface area contributed by atoms with Crippen molar-refractivity contribution >= 4 is 11.4 Å². The Bertz CT molecular complexity index is 815. The summed E-state index contributed by atoms with van der Waals surface area (Å²) in [6, 6.07) is 14.3. The van der Waals surface area contributed by atoms with Crippen LogP contribution in [0.1, 0.15) is 54.5 Å². The van der Waals surface area contributed by atoms with Gasteiger partial charge < -0.3 is 10.2 Å². The van der Waals surface area contributed by atoms with E-state index >= 15 is 0 Å². The van der Waals surface area contributed by atoms with Gasteiger partial charge in [-0.25, -0.2) is 0 Å². The summed E-state index contributed by atoms with van der Waals surface area (Å²) >= 11 is 0. The van der Waals surface area contributed by atoms with Crippen molar-refractivity contribution in [1.82, 2.24) is 0 Å². The molecule has 1 aliphatic heterocycles. The lowest BCUT2D eigenvalue weighted by Gasteiger charge is -2.38. The van der Waals surface area contributed by atoms with Crippen molar-refractivity contribution in [2.45, 2.75) is 46.1 Å². The molecule has 0 spiro atoms. The molecule has 2 aromatic rings. The Kier molecular flexibility index (Phi) is 4.52. The van der Waals surface area contributed by atoms with Crippen LogP contribution < -0.4 is 10.2 Å². The molecular weight excluding hydrogens is 316 g/mol. The predicted molar refractivity (Wildman–Crippen MR) is 112 cm³/mol. The van der Waals surface area contributed by atoms with Crippen LogP contribution in [0.4, 0.5) is 11.4 Å². The molecule has 0 aromatic heterocycles. The Hall–Kier alpha value is -2.22. The number of aryl methyl sites for hydroxylation is 2. The van der Waals surface area contributed by atoms with Crippen molar-refractivity contribution in [2.75, 3.05) is 23.3 Å². The Morgan fingerprint density at radius 1 is 1.04 bits per heavy atom. The molecule has 136 valence electrons. The van der Waals surface area contributed by atoms with Gasteiger partial charge in [-0.1, -0.05) is 30.4 Å². The molecule has 2 heteroatoms. The summed E-state index contributed by atoms with van der Waals surface area (Å²) < 4.78 is 0. The maximum absolute atomic E-state index is 3.89. The SMILES string of the molecule is CCN(CC)c1ccc(C2Nc3cc(C)cc(C)c3C3C=CCC32)cc1. The van der Waals surface area contributed by atoms with Crippen LogP contribution in [0.2, 0.25) is 0 Å². The molecule has 1 heterocycles. The highest BCUT2D eigenvalue weighted by Crippen LogP contribution is 2.51. The lowest BCUT2D eigenvalue weighted by Crippen LogP contribution is -2.29. The Balaban J connectivity index is 1.69. The highest BCUT2D eigenvalue weighted by Gasteiger charge is 2.38. The minimum Gasteiger partial charge on any atom is -0.378 e. The number of anilines is 2. The highest BCUT2D eigenvalue weighted by atomic mass is 15.1. The zero-order valence-corrected chi connectivity index (χ0v) is 16.4. The van der Waals surface area contributed by atoms with E-state index in [0.29, 0.717) is 17.9 Å². The summed E-state index contributed by atoms with van der Waals surface area (Å²) in [5, 5.41) is 3.89. The summed E-state index contributed by atoms with van der Waals surface area (Å²) in [5.41, 5.74) is 8.32. The Morgan fingerprint density at radius 3 is 2.46 bits per heavy atom. The van der Waals surface area contributed by atoms with E-state index in [2.05, 4.69) is 86.5 Å². The first kappa shape index (κ1) is 17.2. The normalized spacial score (nSPS) is 23.3. The molecule has 3 unspecified atom stereocenters. The third-order valence-electron chi connectivity index (χ3n) is 6.20. The van der Waals surface area contributed by atoms with Gasteiger partial charge in [0.05, 0.1) is 6.04 Å². The molecule has 1 N–H and O–H groups in total. The molecule has 26 heavy (non-hydrogen) atoms. The molecule has 2 aromatic carbocycles. The number of allylic oxidation sites excluding steroid dienone is 2. The van der Waals surface area contributed by atoms with Crippen LogP contribution in [-0.4, -0.2) is 13.1 Å². The monoisotopic (exact) mass is 346 g/mol. The fourth-order valence-corrected chi connectivity index (χ4v) is 4.95. The van der Waals surface area contributed by atoms with Crippen molar-refractivity contribution in [3.8, 4) is 0 Å². The van der Waals surface area contributed by atoms with Crippen molar-refractivity contribution < 1.29 is 0 Å². The first-order valence-corrected chi connectivity index (χ1v) is 10.0. The van der Waals surface area contributed by atoms with Gasteiger partial charge in [-0.3, -0.25) is 0 Å². The Labute approximate surface area is 157 Å². The zero-order chi connectivity index (χ0) is 18.3. The van der Waals surface area contributed by atoms with Crippen LogP contribution in [0.3, 0.4) is 0 Å². The van der Waals surface area contributed by atoms with E-state index in [9.17, 15) is 0 Å². The summed E-state index contributed by atoms with van der Waals surface area (Å²) in [5.74, 6) is 1.16. The van der Waals surface area contributed by atoms with Gasteiger partial charge in [-0.15, -0.1) is 0 Å². The molecule has 1 aliphatic carbocycles. The van der Waals surface area contributed by atoms with E-state index in [-0.39, 0.29) is 0 Å². The van der Waals surface area contributed by atoms with E-state index in [1.807, 2.05) is 0 Å². The van der Waals surface area contributed by atoms with E-state index in [4.69, 9.17) is 0 Å².